The highest BCUT2D eigenvalue weighted by molar-refractivity contribution is 5.77. The summed E-state index contributed by atoms with van der Waals surface area (Å²) in [6, 6.07) is 10.1. The molecule has 5 nitrogen and oxygen atoms in total. The zero-order chi connectivity index (χ0) is 20.1. The largest absolute Gasteiger partial charge is 0.340 e. The summed E-state index contributed by atoms with van der Waals surface area (Å²) >= 11 is 0. The van der Waals surface area contributed by atoms with E-state index in [4.69, 9.17) is 4.52 Å². The second kappa shape index (κ2) is 9.26. The van der Waals surface area contributed by atoms with Crippen molar-refractivity contribution in [3.63, 3.8) is 0 Å². The lowest BCUT2D eigenvalue weighted by Gasteiger charge is -2.31. The van der Waals surface area contributed by atoms with E-state index in [-0.39, 0.29) is 5.91 Å². The standard InChI is InChI=1S/C23H33N3O2/c1-5-21(27)26(15-17(2)3)16-20-22(19-9-7-6-8-10-19)24-28-23(20)25-13-11-18(4)12-14-25/h6-10,17-18H,5,11-16H2,1-4H3. The van der Waals surface area contributed by atoms with Crippen molar-refractivity contribution in [1.29, 1.82) is 0 Å². The number of rotatable bonds is 7. The lowest BCUT2D eigenvalue weighted by Crippen LogP contribution is -2.36. The first kappa shape index (κ1) is 20.4. The molecule has 0 aliphatic carbocycles. The molecule has 1 aliphatic heterocycles. The molecule has 0 bridgehead atoms. The minimum Gasteiger partial charge on any atom is -0.340 e. The van der Waals surface area contributed by atoms with Crippen LogP contribution in [0, 0.1) is 11.8 Å². The number of nitrogens with zero attached hydrogens (tertiary/aromatic N) is 3. The molecular formula is C23H33N3O2. The molecular weight excluding hydrogens is 350 g/mol. The van der Waals surface area contributed by atoms with Gasteiger partial charge < -0.3 is 14.3 Å². The third-order valence-electron chi connectivity index (χ3n) is 5.48. The summed E-state index contributed by atoms with van der Waals surface area (Å²) in [5, 5.41) is 4.44. The van der Waals surface area contributed by atoms with Gasteiger partial charge in [-0.15, -0.1) is 0 Å². The van der Waals surface area contributed by atoms with E-state index < -0.39 is 0 Å². The number of amides is 1. The average molecular weight is 384 g/mol. The number of hydrogen-bond acceptors (Lipinski definition) is 4. The molecule has 1 fully saturated rings. The first-order chi connectivity index (χ1) is 13.5. The van der Waals surface area contributed by atoms with Crippen molar-refractivity contribution in [2.24, 2.45) is 11.8 Å². The summed E-state index contributed by atoms with van der Waals surface area (Å²) in [6.07, 6.45) is 2.82. The third kappa shape index (κ3) is 4.75. The van der Waals surface area contributed by atoms with Gasteiger partial charge in [0.2, 0.25) is 11.8 Å². The van der Waals surface area contributed by atoms with E-state index in [9.17, 15) is 4.79 Å². The summed E-state index contributed by atoms with van der Waals surface area (Å²) < 4.78 is 5.88. The fraction of sp³-hybridized carbons (Fsp3) is 0.565. The van der Waals surface area contributed by atoms with Crippen LogP contribution in [0.1, 0.15) is 52.5 Å². The molecule has 2 heterocycles. The lowest BCUT2D eigenvalue weighted by atomic mass is 9.98. The van der Waals surface area contributed by atoms with Gasteiger partial charge in [-0.1, -0.05) is 63.2 Å². The molecule has 28 heavy (non-hydrogen) atoms. The van der Waals surface area contributed by atoms with E-state index >= 15 is 0 Å². The molecule has 0 atom stereocenters. The van der Waals surface area contributed by atoms with Gasteiger partial charge in [-0.3, -0.25) is 4.79 Å². The van der Waals surface area contributed by atoms with Crippen molar-refractivity contribution in [2.45, 2.75) is 53.5 Å². The van der Waals surface area contributed by atoms with Gasteiger partial charge in [0.25, 0.3) is 0 Å². The second-order valence-corrected chi connectivity index (χ2v) is 8.37. The number of aromatic nitrogens is 1. The summed E-state index contributed by atoms with van der Waals surface area (Å²) in [7, 11) is 0. The molecule has 3 rings (SSSR count). The van der Waals surface area contributed by atoms with E-state index in [1.807, 2.05) is 30.0 Å². The van der Waals surface area contributed by atoms with E-state index in [0.29, 0.717) is 18.9 Å². The average Bonchev–Trinajstić information content (AvgIpc) is 3.11. The second-order valence-electron chi connectivity index (χ2n) is 8.37. The van der Waals surface area contributed by atoms with Crippen molar-refractivity contribution in [1.82, 2.24) is 10.1 Å². The summed E-state index contributed by atoms with van der Waals surface area (Å²) in [4.78, 5) is 16.9. The van der Waals surface area contributed by atoms with E-state index in [1.165, 1.54) is 0 Å². The van der Waals surface area contributed by atoms with Gasteiger partial charge in [0.15, 0.2) is 0 Å². The molecule has 5 heteroatoms. The number of piperidine rings is 1. The Morgan fingerprint density at radius 1 is 1.25 bits per heavy atom. The Kier molecular flexibility index (Phi) is 6.76. The number of benzene rings is 1. The Bertz CT molecular complexity index is 761. The van der Waals surface area contributed by atoms with Gasteiger partial charge >= 0.3 is 0 Å². The molecule has 1 saturated heterocycles. The first-order valence-electron chi connectivity index (χ1n) is 10.6. The molecule has 1 amide bonds. The van der Waals surface area contributed by atoms with Crippen LogP contribution in [0.15, 0.2) is 34.9 Å². The molecule has 2 aromatic rings. The van der Waals surface area contributed by atoms with Crippen LogP contribution in [0.25, 0.3) is 11.3 Å². The van der Waals surface area contributed by atoms with Crippen molar-refractivity contribution in [3.05, 3.63) is 35.9 Å². The Morgan fingerprint density at radius 2 is 1.93 bits per heavy atom. The summed E-state index contributed by atoms with van der Waals surface area (Å²) in [5.41, 5.74) is 2.92. The molecule has 0 N–H and O–H groups in total. The number of anilines is 1. The van der Waals surface area contributed by atoms with Crippen LogP contribution < -0.4 is 4.90 Å². The van der Waals surface area contributed by atoms with Crippen LogP contribution in [0.5, 0.6) is 0 Å². The molecule has 1 aromatic carbocycles. The molecule has 0 unspecified atom stereocenters. The van der Waals surface area contributed by atoms with Crippen LogP contribution in [0.3, 0.4) is 0 Å². The summed E-state index contributed by atoms with van der Waals surface area (Å²) in [6.45, 7) is 11.8. The van der Waals surface area contributed by atoms with Crippen LogP contribution >= 0.6 is 0 Å². The number of carbonyl (C=O) groups is 1. The van der Waals surface area contributed by atoms with Crippen LogP contribution in [-0.2, 0) is 11.3 Å². The zero-order valence-electron chi connectivity index (χ0n) is 17.6. The number of carbonyl (C=O) groups excluding carboxylic acids is 1. The maximum absolute atomic E-state index is 12.6. The topological polar surface area (TPSA) is 49.6 Å². The Hall–Kier alpha value is -2.30. The predicted molar refractivity (Wildman–Crippen MR) is 113 cm³/mol. The van der Waals surface area contributed by atoms with Gasteiger partial charge in [-0.05, 0) is 24.7 Å². The lowest BCUT2D eigenvalue weighted by molar-refractivity contribution is -0.132. The first-order valence-corrected chi connectivity index (χ1v) is 10.6. The Morgan fingerprint density at radius 3 is 2.54 bits per heavy atom. The molecule has 0 spiro atoms. The Labute approximate surface area is 168 Å². The van der Waals surface area contributed by atoms with Crippen molar-refractivity contribution in [3.8, 4) is 11.3 Å². The highest BCUT2D eigenvalue weighted by Gasteiger charge is 2.28. The molecule has 0 saturated carbocycles. The maximum atomic E-state index is 12.6. The highest BCUT2D eigenvalue weighted by atomic mass is 16.5. The highest BCUT2D eigenvalue weighted by Crippen LogP contribution is 2.34. The van der Waals surface area contributed by atoms with E-state index in [0.717, 1.165) is 61.1 Å². The maximum Gasteiger partial charge on any atom is 0.232 e. The van der Waals surface area contributed by atoms with Crippen molar-refractivity contribution < 1.29 is 9.32 Å². The van der Waals surface area contributed by atoms with Gasteiger partial charge in [0.05, 0.1) is 12.1 Å². The Balaban J connectivity index is 1.97. The van der Waals surface area contributed by atoms with Crippen LogP contribution in [0.2, 0.25) is 0 Å². The van der Waals surface area contributed by atoms with Crippen molar-refractivity contribution in [2.75, 3.05) is 24.5 Å². The normalized spacial score (nSPS) is 15.2. The molecule has 0 radical (unpaired) electrons. The van der Waals surface area contributed by atoms with Crippen molar-refractivity contribution >= 4 is 11.8 Å². The fourth-order valence-electron chi connectivity index (χ4n) is 3.84. The minimum absolute atomic E-state index is 0.173. The van der Waals surface area contributed by atoms with E-state index in [1.54, 1.807) is 0 Å². The molecule has 1 aliphatic rings. The zero-order valence-corrected chi connectivity index (χ0v) is 17.6. The van der Waals surface area contributed by atoms with Crippen LogP contribution in [-0.4, -0.2) is 35.6 Å². The SMILES string of the molecule is CCC(=O)N(Cc1c(-c2ccccc2)noc1N1CCC(C)CC1)CC(C)C. The quantitative estimate of drug-likeness (QED) is 0.677. The van der Waals surface area contributed by atoms with Gasteiger partial charge in [0, 0.05) is 31.6 Å². The van der Waals surface area contributed by atoms with E-state index in [2.05, 4.69) is 43.0 Å². The molecule has 1 aromatic heterocycles. The third-order valence-corrected chi connectivity index (χ3v) is 5.48. The monoisotopic (exact) mass is 383 g/mol. The van der Waals surface area contributed by atoms with Crippen LogP contribution in [0.4, 0.5) is 5.88 Å². The predicted octanol–water partition coefficient (Wildman–Crippen LogP) is 4.97. The summed E-state index contributed by atoms with van der Waals surface area (Å²) in [5.74, 6) is 2.17. The number of hydrogen-bond donors (Lipinski definition) is 0. The fourth-order valence-corrected chi connectivity index (χ4v) is 3.84. The van der Waals surface area contributed by atoms with Gasteiger partial charge in [-0.2, -0.15) is 0 Å². The smallest absolute Gasteiger partial charge is 0.232 e. The van der Waals surface area contributed by atoms with Gasteiger partial charge in [-0.25, -0.2) is 0 Å². The molecule has 152 valence electrons. The minimum atomic E-state index is 0.173. The van der Waals surface area contributed by atoms with Gasteiger partial charge in [0.1, 0.15) is 5.69 Å².